The molecule has 2 heteroatoms. The van der Waals surface area contributed by atoms with Crippen molar-refractivity contribution in [1.82, 2.24) is 0 Å². The van der Waals surface area contributed by atoms with Crippen LogP contribution in [0.1, 0.15) is 116 Å². The summed E-state index contributed by atoms with van der Waals surface area (Å²) in [6, 6.07) is 6.62. The maximum Gasteiger partial charge on any atom is 0.123 e. The Balaban J connectivity index is 1.61. The maximum absolute atomic E-state index is 6.50. The van der Waals surface area contributed by atoms with Crippen LogP contribution in [0.15, 0.2) is 18.2 Å². The van der Waals surface area contributed by atoms with Crippen molar-refractivity contribution < 1.29 is 9.47 Å². The van der Waals surface area contributed by atoms with E-state index in [0.29, 0.717) is 5.92 Å². The lowest BCUT2D eigenvalue weighted by Gasteiger charge is -2.31. The van der Waals surface area contributed by atoms with Gasteiger partial charge in [0, 0.05) is 5.56 Å². The first-order chi connectivity index (χ1) is 14.7. The van der Waals surface area contributed by atoms with Crippen LogP contribution in [0.5, 0.6) is 11.5 Å². The Morgan fingerprint density at radius 1 is 0.700 bits per heavy atom. The third kappa shape index (κ3) is 6.92. The van der Waals surface area contributed by atoms with Gasteiger partial charge in [-0.2, -0.15) is 0 Å². The van der Waals surface area contributed by atoms with Crippen LogP contribution in [-0.2, 0) is 0 Å². The lowest BCUT2D eigenvalue weighted by Crippen LogP contribution is -2.21. The quantitative estimate of drug-likeness (QED) is 0.361. The molecule has 2 aliphatic rings. The van der Waals surface area contributed by atoms with Crippen molar-refractivity contribution in [3.05, 3.63) is 23.8 Å². The van der Waals surface area contributed by atoms with Crippen LogP contribution >= 0.6 is 0 Å². The number of hydrogen-bond acceptors (Lipinski definition) is 2. The molecule has 30 heavy (non-hydrogen) atoms. The zero-order valence-electron chi connectivity index (χ0n) is 20.0. The molecule has 0 N–H and O–H groups in total. The zero-order chi connectivity index (χ0) is 21.2. The molecule has 170 valence electrons. The summed E-state index contributed by atoms with van der Waals surface area (Å²) in [6.45, 7) is 8.50. The summed E-state index contributed by atoms with van der Waals surface area (Å²) < 4.78 is 12.5. The molecule has 3 rings (SSSR count). The van der Waals surface area contributed by atoms with E-state index < -0.39 is 0 Å². The van der Waals surface area contributed by atoms with Gasteiger partial charge in [-0.05, 0) is 86.8 Å². The minimum atomic E-state index is 0.638. The molecule has 0 radical (unpaired) electrons. The number of hydrogen-bond donors (Lipinski definition) is 0. The summed E-state index contributed by atoms with van der Waals surface area (Å²) in [6.07, 6.45) is 17.4. The molecule has 0 atom stereocenters. The van der Waals surface area contributed by atoms with E-state index in [1.165, 1.54) is 82.6 Å². The van der Waals surface area contributed by atoms with Gasteiger partial charge in [-0.15, -0.1) is 0 Å². The first-order valence-corrected chi connectivity index (χ1v) is 13.1. The van der Waals surface area contributed by atoms with E-state index >= 15 is 0 Å². The summed E-state index contributed by atoms with van der Waals surface area (Å²) in [4.78, 5) is 0. The second-order valence-corrected chi connectivity index (χ2v) is 10.0. The molecule has 0 aliphatic heterocycles. The Bertz CT molecular complexity index is 595. The Morgan fingerprint density at radius 3 is 1.90 bits per heavy atom. The second kappa shape index (κ2) is 12.6. The van der Waals surface area contributed by atoms with Crippen LogP contribution in [0.3, 0.4) is 0 Å². The highest BCUT2D eigenvalue weighted by atomic mass is 16.5. The molecule has 1 aromatic carbocycles. The van der Waals surface area contributed by atoms with Gasteiger partial charge in [0.15, 0.2) is 0 Å². The lowest BCUT2D eigenvalue weighted by molar-refractivity contribution is 0.176. The van der Waals surface area contributed by atoms with E-state index in [1.807, 2.05) is 0 Å². The van der Waals surface area contributed by atoms with Crippen molar-refractivity contribution in [2.24, 2.45) is 17.8 Å². The topological polar surface area (TPSA) is 18.5 Å². The average Bonchev–Trinajstić information content (AvgIpc) is 2.78. The van der Waals surface area contributed by atoms with Gasteiger partial charge >= 0.3 is 0 Å². The number of benzene rings is 1. The Morgan fingerprint density at radius 2 is 1.30 bits per heavy atom. The molecular weight excluding hydrogens is 368 g/mol. The molecule has 0 amide bonds. The highest BCUT2D eigenvalue weighted by molar-refractivity contribution is 5.43. The van der Waals surface area contributed by atoms with Gasteiger partial charge in [0.1, 0.15) is 11.5 Å². The van der Waals surface area contributed by atoms with E-state index in [1.54, 1.807) is 0 Å². The smallest absolute Gasteiger partial charge is 0.123 e. The number of rotatable bonds is 11. The van der Waals surface area contributed by atoms with E-state index in [2.05, 4.69) is 39.0 Å². The van der Waals surface area contributed by atoms with Gasteiger partial charge in [-0.1, -0.05) is 59.3 Å². The minimum Gasteiger partial charge on any atom is -0.494 e. The lowest BCUT2D eigenvalue weighted by atomic mass is 9.77. The second-order valence-electron chi connectivity index (χ2n) is 10.0. The minimum absolute atomic E-state index is 0.638. The highest BCUT2D eigenvalue weighted by Gasteiger charge is 2.26. The molecule has 0 unspecified atom stereocenters. The van der Waals surface area contributed by atoms with Crippen LogP contribution in [0, 0.1) is 17.8 Å². The predicted octanol–water partition coefficient (Wildman–Crippen LogP) is 8.53. The molecular formula is C28H46O2. The van der Waals surface area contributed by atoms with Crippen LogP contribution in [0.4, 0.5) is 0 Å². The standard InChI is InChI=1S/C28H46O2/c1-4-7-22-9-11-24(12-10-22)21-30-28-18-17-26(29-19-6-3)20-27(28)25-15-13-23(8-5-2)14-16-25/h17-18,20,22-25H,4-16,19,21H2,1-3H3. The molecule has 2 fully saturated rings. The van der Waals surface area contributed by atoms with E-state index in [4.69, 9.17) is 9.47 Å². The Kier molecular flexibility index (Phi) is 9.88. The summed E-state index contributed by atoms with van der Waals surface area (Å²) in [5.74, 6) is 5.44. The summed E-state index contributed by atoms with van der Waals surface area (Å²) >= 11 is 0. The van der Waals surface area contributed by atoms with E-state index in [-0.39, 0.29) is 0 Å². The van der Waals surface area contributed by atoms with Crippen molar-refractivity contribution in [3.63, 3.8) is 0 Å². The molecule has 2 aliphatic carbocycles. The summed E-state index contributed by atoms with van der Waals surface area (Å²) in [5, 5.41) is 0. The third-order valence-electron chi connectivity index (χ3n) is 7.58. The van der Waals surface area contributed by atoms with Gasteiger partial charge in [0.05, 0.1) is 13.2 Å². The molecule has 2 saturated carbocycles. The van der Waals surface area contributed by atoms with Crippen molar-refractivity contribution in [2.75, 3.05) is 13.2 Å². The molecule has 0 bridgehead atoms. The van der Waals surface area contributed by atoms with Gasteiger partial charge < -0.3 is 9.47 Å². The van der Waals surface area contributed by atoms with Gasteiger partial charge in [-0.25, -0.2) is 0 Å². The first-order valence-electron chi connectivity index (χ1n) is 13.1. The Hall–Kier alpha value is -1.18. The van der Waals surface area contributed by atoms with Crippen LogP contribution in [-0.4, -0.2) is 13.2 Å². The fourth-order valence-electron chi connectivity index (χ4n) is 5.76. The van der Waals surface area contributed by atoms with Gasteiger partial charge in [0.2, 0.25) is 0 Å². The molecule has 0 spiro atoms. The van der Waals surface area contributed by atoms with Crippen LogP contribution < -0.4 is 9.47 Å². The maximum atomic E-state index is 6.50. The van der Waals surface area contributed by atoms with Crippen molar-refractivity contribution in [1.29, 1.82) is 0 Å². The largest absolute Gasteiger partial charge is 0.494 e. The Labute approximate surface area is 186 Å². The monoisotopic (exact) mass is 414 g/mol. The van der Waals surface area contributed by atoms with Gasteiger partial charge in [-0.3, -0.25) is 0 Å². The van der Waals surface area contributed by atoms with Crippen LogP contribution in [0.2, 0.25) is 0 Å². The predicted molar refractivity (Wildman–Crippen MR) is 128 cm³/mol. The fourth-order valence-corrected chi connectivity index (χ4v) is 5.76. The SMILES string of the molecule is CCCOc1ccc(OCC2CCC(CCC)CC2)c(C2CCC(CCC)CC2)c1. The average molecular weight is 415 g/mol. The molecule has 0 aromatic heterocycles. The molecule has 0 saturated heterocycles. The number of ether oxygens (including phenoxy) is 2. The van der Waals surface area contributed by atoms with E-state index in [9.17, 15) is 0 Å². The van der Waals surface area contributed by atoms with Crippen molar-refractivity contribution in [3.8, 4) is 11.5 Å². The summed E-state index contributed by atoms with van der Waals surface area (Å²) in [7, 11) is 0. The molecule has 1 aromatic rings. The normalized spacial score (nSPS) is 27.0. The highest BCUT2D eigenvalue weighted by Crippen LogP contribution is 2.42. The first kappa shape index (κ1) is 23.5. The zero-order valence-corrected chi connectivity index (χ0v) is 20.0. The van der Waals surface area contributed by atoms with E-state index in [0.717, 1.165) is 48.9 Å². The molecule has 2 nitrogen and oxygen atoms in total. The van der Waals surface area contributed by atoms with Crippen LogP contribution in [0.25, 0.3) is 0 Å². The molecule has 0 heterocycles. The third-order valence-corrected chi connectivity index (χ3v) is 7.58. The van der Waals surface area contributed by atoms with Crippen molar-refractivity contribution in [2.45, 2.75) is 110 Å². The van der Waals surface area contributed by atoms with Gasteiger partial charge in [0.25, 0.3) is 0 Å². The summed E-state index contributed by atoms with van der Waals surface area (Å²) in [5.41, 5.74) is 1.42. The fraction of sp³-hybridized carbons (Fsp3) is 0.786. The van der Waals surface area contributed by atoms with Crippen molar-refractivity contribution >= 4 is 0 Å².